The van der Waals surface area contributed by atoms with Gasteiger partial charge in [0.2, 0.25) is 0 Å². The van der Waals surface area contributed by atoms with Crippen LogP contribution in [0, 0.1) is 13.8 Å². The average Bonchev–Trinajstić information content (AvgIpc) is 3.25. The standard InChI is InChI=1S/C21H20N4OS/c1-4-18-13(2)24-25(14(18)3)17-8-5-15(6-9-17)21(26)23-16-7-10-19-20(11-16)27-12-22-19/h5-12H,4H2,1-3H3,(H,23,26). The maximum absolute atomic E-state index is 12.6. The molecule has 27 heavy (non-hydrogen) atoms. The zero-order valence-corrected chi connectivity index (χ0v) is 16.3. The number of fused-ring (bicyclic) bond motifs is 1. The molecule has 0 atom stereocenters. The van der Waals surface area contributed by atoms with Gasteiger partial charge in [-0.05, 0) is 68.3 Å². The number of carbonyl (C=O) groups excluding carboxylic acids is 1. The summed E-state index contributed by atoms with van der Waals surface area (Å²) in [4.78, 5) is 16.8. The van der Waals surface area contributed by atoms with E-state index < -0.39 is 0 Å². The van der Waals surface area contributed by atoms with Gasteiger partial charge in [0.15, 0.2) is 0 Å². The molecule has 0 aliphatic carbocycles. The first kappa shape index (κ1) is 17.4. The van der Waals surface area contributed by atoms with Crippen molar-refractivity contribution in [1.29, 1.82) is 0 Å². The Morgan fingerprint density at radius 3 is 2.63 bits per heavy atom. The molecule has 136 valence electrons. The Labute approximate surface area is 161 Å². The fourth-order valence-electron chi connectivity index (χ4n) is 3.33. The Bertz CT molecular complexity index is 1130. The predicted octanol–water partition coefficient (Wildman–Crippen LogP) is 4.91. The van der Waals surface area contributed by atoms with Gasteiger partial charge in [0.1, 0.15) is 0 Å². The van der Waals surface area contributed by atoms with E-state index in [0.29, 0.717) is 5.56 Å². The quantitative estimate of drug-likeness (QED) is 0.550. The van der Waals surface area contributed by atoms with Crippen LogP contribution in [-0.4, -0.2) is 20.7 Å². The Morgan fingerprint density at radius 1 is 1.15 bits per heavy atom. The van der Waals surface area contributed by atoms with E-state index in [1.807, 2.05) is 54.1 Å². The van der Waals surface area contributed by atoms with Crippen LogP contribution in [0.15, 0.2) is 48.0 Å². The summed E-state index contributed by atoms with van der Waals surface area (Å²) in [6.07, 6.45) is 0.961. The molecule has 0 aliphatic heterocycles. The molecule has 0 radical (unpaired) electrons. The molecule has 4 rings (SSSR count). The highest BCUT2D eigenvalue weighted by Gasteiger charge is 2.12. The van der Waals surface area contributed by atoms with Crippen molar-refractivity contribution in [3.63, 3.8) is 0 Å². The summed E-state index contributed by atoms with van der Waals surface area (Å²) in [5.41, 5.74) is 8.55. The average molecular weight is 376 g/mol. The van der Waals surface area contributed by atoms with Crippen molar-refractivity contribution < 1.29 is 4.79 Å². The van der Waals surface area contributed by atoms with Gasteiger partial charge in [-0.1, -0.05) is 6.92 Å². The van der Waals surface area contributed by atoms with Crippen LogP contribution in [0.4, 0.5) is 5.69 Å². The number of aromatic nitrogens is 3. The van der Waals surface area contributed by atoms with E-state index in [1.165, 1.54) is 5.56 Å². The van der Waals surface area contributed by atoms with E-state index in [-0.39, 0.29) is 5.91 Å². The topological polar surface area (TPSA) is 59.8 Å². The summed E-state index contributed by atoms with van der Waals surface area (Å²) in [5.74, 6) is -0.131. The van der Waals surface area contributed by atoms with Gasteiger partial charge in [-0.15, -0.1) is 11.3 Å². The highest BCUT2D eigenvalue weighted by molar-refractivity contribution is 7.16. The summed E-state index contributed by atoms with van der Waals surface area (Å²) in [7, 11) is 0. The normalized spacial score (nSPS) is 11.1. The third-order valence-electron chi connectivity index (χ3n) is 4.76. The smallest absolute Gasteiger partial charge is 0.255 e. The Kier molecular flexibility index (Phi) is 4.49. The van der Waals surface area contributed by atoms with Crippen LogP contribution < -0.4 is 5.32 Å². The number of hydrogen-bond acceptors (Lipinski definition) is 4. The summed E-state index contributed by atoms with van der Waals surface area (Å²) in [5, 5.41) is 7.58. The van der Waals surface area contributed by atoms with Crippen LogP contribution in [-0.2, 0) is 6.42 Å². The molecule has 6 heteroatoms. The number of rotatable bonds is 4. The molecular weight excluding hydrogens is 356 g/mol. The summed E-state index contributed by atoms with van der Waals surface area (Å²) in [6, 6.07) is 13.3. The Hall–Kier alpha value is -2.99. The van der Waals surface area contributed by atoms with E-state index in [0.717, 1.165) is 39.4 Å². The van der Waals surface area contributed by atoms with Crippen LogP contribution >= 0.6 is 11.3 Å². The molecule has 1 N–H and O–H groups in total. The van der Waals surface area contributed by atoms with Crippen LogP contribution in [0.2, 0.25) is 0 Å². The largest absolute Gasteiger partial charge is 0.322 e. The van der Waals surface area contributed by atoms with Crippen LogP contribution in [0.3, 0.4) is 0 Å². The molecule has 0 saturated heterocycles. The molecule has 2 aromatic heterocycles. The van der Waals surface area contributed by atoms with Crippen LogP contribution in [0.1, 0.15) is 34.2 Å². The lowest BCUT2D eigenvalue weighted by atomic mass is 10.1. The van der Waals surface area contributed by atoms with Crippen molar-refractivity contribution >= 4 is 33.1 Å². The molecule has 0 fully saturated rings. The van der Waals surface area contributed by atoms with Gasteiger partial charge in [0.25, 0.3) is 5.91 Å². The fourth-order valence-corrected chi connectivity index (χ4v) is 4.04. The van der Waals surface area contributed by atoms with Gasteiger partial charge in [-0.2, -0.15) is 5.10 Å². The molecule has 0 bridgehead atoms. The van der Waals surface area contributed by atoms with Crippen molar-refractivity contribution in [2.24, 2.45) is 0 Å². The molecule has 0 aliphatic rings. The molecule has 0 saturated carbocycles. The number of benzene rings is 2. The van der Waals surface area contributed by atoms with Gasteiger partial charge >= 0.3 is 0 Å². The van der Waals surface area contributed by atoms with Crippen molar-refractivity contribution in [3.05, 3.63) is 70.5 Å². The number of anilines is 1. The molecular formula is C21H20N4OS. The lowest BCUT2D eigenvalue weighted by Gasteiger charge is -2.08. The van der Waals surface area contributed by atoms with E-state index in [9.17, 15) is 4.79 Å². The zero-order valence-electron chi connectivity index (χ0n) is 15.5. The van der Waals surface area contributed by atoms with E-state index >= 15 is 0 Å². The highest BCUT2D eigenvalue weighted by atomic mass is 32.1. The minimum absolute atomic E-state index is 0.131. The van der Waals surface area contributed by atoms with Gasteiger partial charge < -0.3 is 5.32 Å². The van der Waals surface area contributed by atoms with Crippen LogP contribution in [0.5, 0.6) is 0 Å². The summed E-state index contributed by atoms with van der Waals surface area (Å²) < 4.78 is 2.99. The number of amides is 1. The SMILES string of the molecule is CCc1c(C)nn(-c2ccc(C(=O)Nc3ccc4ncsc4c3)cc2)c1C. The van der Waals surface area contributed by atoms with E-state index in [1.54, 1.807) is 16.8 Å². The van der Waals surface area contributed by atoms with Gasteiger partial charge in [-0.3, -0.25) is 4.79 Å². The molecule has 0 spiro atoms. The summed E-state index contributed by atoms with van der Waals surface area (Å²) >= 11 is 1.56. The van der Waals surface area contributed by atoms with Crippen LogP contribution in [0.25, 0.3) is 15.9 Å². The van der Waals surface area contributed by atoms with E-state index in [2.05, 4.69) is 29.2 Å². The zero-order chi connectivity index (χ0) is 19.0. The molecule has 1 amide bonds. The third-order valence-corrected chi connectivity index (χ3v) is 5.55. The second-order valence-corrected chi connectivity index (χ2v) is 7.34. The first-order valence-electron chi connectivity index (χ1n) is 8.87. The van der Waals surface area contributed by atoms with Crippen molar-refractivity contribution in [3.8, 4) is 5.69 Å². The Morgan fingerprint density at radius 2 is 1.93 bits per heavy atom. The number of nitrogens with zero attached hydrogens (tertiary/aromatic N) is 3. The van der Waals surface area contributed by atoms with Gasteiger partial charge in [0, 0.05) is 16.9 Å². The number of hydrogen-bond donors (Lipinski definition) is 1. The molecule has 5 nitrogen and oxygen atoms in total. The molecule has 0 unspecified atom stereocenters. The third kappa shape index (κ3) is 3.24. The molecule has 4 aromatic rings. The minimum Gasteiger partial charge on any atom is -0.322 e. The first-order valence-corrected chi connectivity index (χ1v) is 9.75. The molecule has 2 heterocycles. The van der Waals surface area contributed by atoms with Gasteiger partial charge in [0.05, 0.1) is 27.1 Å². The first-order chi connectivity index (χ1) is 13.1. The number of nitrogens with one attached hydrogen (secondary N) is 1. The number of aryl methyl sites for hydroxylation is 1. The second kappa shape index (κ2) is 6.96. The summed E-state index contributed by atoms with van der Waals surface area (Å²) in [6.45, 7) is 6.25. The maximum atomic E-state index is 12.6. The lowest BCUT2D eigenvalue weighted by molar-refractivity contribution is 0.102. The lowest BCUT2D eigenvalue weighted by Crippen LogP contribution is -2.12. The fraction of sp³-hybridized carbons (Fsp3) is 0.190. The second-order valence-electron chi connectivity index (χ2n) is 6.45. The van der Waals surface area contributed by atoms with Gasteiger partial charge in [-0.25, -0.2) is 9.67 Å². The van der Waals surface area contributed by atoms with Crippen molar-refractivity contribution in [2.75, 3.05) is 5.32 Å². The number of carbonyl (C=O) groups is 1. The van der Waals surface area contributed by atoms with Crippen molar-refractivity contribution in [2.45, 2.75) is 27.2 Å². The highest BCUT2D eigenvalue weighted by Crippen LogP contribution is 2.23. The maximum Gasteiger partial charge on any atom is 0.255 e. The van der Waals surface area contributed by atoms with E-state index in [4.69, 9.17) is 0 Å². The van der Waals surface area contributed by atoms with Crippen molar-refractivity contribution in [1.82, 2.24) is 14.8 Å². The molecule has 2 aromatic carbocycles. The predicted molar refractivity (Wildman–Crippen MR) is 110 cm³/mol. The number of thiazole rings is 1. The Balaban J connectivity index is 1.55. The minimum atomic E-state index is -0.131. The monoisotopic (exact) mass is 376 g/mol.